The van der Waals surface area contributed by atoms with Gasteiger partial charge in [-0.05, 0) is 20.4 Å². The van der Waals surface area contributed by atoms with Crippen molar-refractivity contribution < 1.29 is 9.15 Å². The summed E-state index contributed by atoms with van der Waals surface area (Å²) in [6.45, 7) is 7.57. The van der Waals surface area contributed by atoms with Crippen molar-refractivity contribution in [2.75, 3.05) is 6.54 Å². The molecule has 1 heterocycles. The zero-order valence-corrected chi connectivity index (χ0v) is 8.33. The molecule has 0 amide bonds. The van der Waals surface area contributed by atoms with Gasteiger partial charge >= 0.3 is 6.08 Å². The summed E-state index contributed by atoms with van der Waals surface area (Å²) in [5, 5.41) is 3.15. The summed E-state index contributed by atoms with van der Waals surface area (Å²) in [6, 6.07) is 0. The van der Waals surface area contributed by atoms with Gasteiger partial charge in [0.15, 0.2) is 0 Å². The van der Waals surface area contributed by atoms with Crippen molar-refractivity contribution in [2.24, 2.45) is 0 Å². The Bertz CT molecular complexity index is 246. The molecule has 0 aliphatic carbocycles. The van der Waals surface area contributed by atoms with Crippen LogP contribution in [0.25, 0.3) is 0 Å². The van der Waals surface area contributed by atoms with E-state index in [4.69, 9.17) is 9.15 Å². The normalized spacial score (nSPS) is 10.8. The first-order valence-corrected chi connectivity index (χ1v) is 4.54. The lowest BCUT2D eigenvalue weighted by atomic mass is 10.5. The molecule has 0 unspecified atom stereocenters. The van der Waals surface area contributed by atoms with E-state index in [1.165, 1.54) is 0 Å². The van der Waals surface area contributed by atoms with Crippen LogP contribution in [-0.2, 0) is 6.54 Å². The van der Waals surface area contributed by atoms with Crippen molar-refractivity contribution in [1.82, 2.24) is 10.3 Å². The van der Waals surface area contributed by atoms with E-state index in [9.17, 15) is 0 Å². The van der Waals surface area contributed by atoms with Crippen LogP contribution in [0.4, 0.5) is 0 Å². The Labute approximate surface area is 78.3 Å². The maximum atomic E-state index is 5.27. The molecule has 0 saturated heterocycles. The third kappa shape index (κ3) is 3.46. The Kier molecular flexibility index (Phi) is 3.76. The fourth-order valence-electron chi connectivity index (χ4n) is 0.878. The van der Waals surface area contributed by atoms with E-state index in [0.29, 0.717) is 6.08 Å². The Morgan fingerprint density at radius 3 is 3.00 bits per heavy atom. The first kappa shape index (κ1) is 10.1. The minimum absolute atomic E-state index is 0.102. The molecule has 0 saturated carbocycles. The molecule has 74 valence electrons. The number of hydrogen-bond acceptors (Lipinski definition) is 4. The Morgan fingerprint density at radius 1 is 1.62 bits per heavy atom. The van der Waals surface area contributed by atoms with E-state index < -0.39 is 0 Å². The van der Waals surface area contributed by atoms with Crippen molar-refractivity contribution >= 4 is 0 Å². The highest BCUT2D eigenvalue weighted by molar-refractivity contribution is 4.99. The maximum absolute atomic E-state index is 5.27. The molecule has 0 spiro atoms. The van der Waals surface area contributed by atoms with Crippen LogP contribution in [0.3, 0.4) is 0 Å². The molecule has 13 heavy (non-hydrogen) atoms. The van der Waals surface area contributed by atoms with Gasteiger partial charge in [0.2, 0.25) is 0 Å². The van der Waals surface area contributed by atoms with Gasteiger partial charge in [-0.15, -0.1) is 0 Å². The summed E-state index contributed by atoms with van der Waals surface area (Å²) in [4.78, 5) is 4.14. The molecule has 0 atom stereocenters. The quantitative estimate of drug-likeness (QED) is 0.754. The minimum atomic E-state index is 0.102. The fourth-order valence-corrected chi connectivity index (χ4v) is 0.878. The van der Waals surface area contributed by atoms with Gasteiger partial charge in [0, 0.05) is 6.54 Å². The molecule has 0 radical (unpaired) electrons. The Balaban J connectivity index is 2.44. The van der Waals surface area contributed by atoms with Crippen LogP contribution >= 0.6 is 0 Å². The van der Waals surface area contributed by atoms with Crippen molar-refractivity contribution in [2.45, 2.75) is 33.4 Å². The second-order valence-corrected chi connectivity index (χ2v) is 3.05. The van der Waals surface area contributed by atoms with Crippen LogP contribution in [0, 0.1) is 0 Å². The molecular weight excluding hydrogens is 168 g/mol. The van der Waals surface area contributed by atoms with Gasteiger partial charge in [-0.1, -0.05) is 6.92 Å². The molecule has 1 aromatic heterocycles. The van der Waals surface area contributed by atoms with E-state index in [1.54, 1.807) is 6.26 Å². The van der Waals surface area contributed by atoms with Crippen LogP contribution in [0.15, 0.2) is 10.7 Å². The molecule has 0 bridgehead atoms. The number of aromatic nitrogens is 1. The van der Waals surface area contributed by atoms with Crippen molar-refractivity contribution in [3.05, 3.63) is 12.0 Å². The number of oxazole rings is 1. The molecule has 4 heteroatoms. The standard InChI is InChI=1S/C9H16N2O2/c1-4-10-5-8-6-12-9(11-8)13-7(2)3/h6-7,10H,4-5H2,1-3H3. The SMILES string of the molecule is CCNCc1coc(OC(C)C)n1. The Hall–Kier alpha value is -1.03. The number of hydrogen-bond donors (Lipinski definition) is 1. The summed E-state index contributed by atoms with van der Waals surface area (Å²) in [5.41, 5.74) is 0.873. The van der Waals surface area contributed by atoms with Gasteiger partial charge in [-0.2, -0.15) is 4.98 Å². The summed E-state index contributed by atoms with van der Waals surface area (Å²) < 4.78 is 10.4. The first-order valence-electron chi connectivity index (χ1n) is 4.54. The number of ether oxygens (including phenoxy) is 1. The Morgan fingerprint density at radius 2 is 2.38 bits per heavy atom. The van der Waals surface area contributed by atoms with E-state index in [-0.39, 0.29) is 6.10 Å². The zero-order chi connectivity index (χ0) is 9.68. The lowest BCUT2D eigenvalue weighted by molar-refractivity contribution is 0.176. The van der Waals surface area contributed by atoms with E-state index in [0.717, 1.165) is 18.8 Å². The van der Waals surface area contributed by atoms with Gasteiger partial charge in [-0.3, -0.25) is 0 Å². The fraction of sp³-hybridized carbons (Fsp3) is 0.667. The van der Waals surface area contributed by atoms with Crippen molar-refractivity contribution in [1.29, 1.82) is 0 Å². The number of nitrogens with zero attached hydrogens (tertiary/aromatic N) is 1. The largest absolute Gasteiger partial charge is 0.447 e. The summed E-state index contributed by atoms with van der Waals surface area (Å²) in [7, 11) is 0. The molecule has 0 aliphatic rings. The minimum Gasteiger partial charge on any atom is -0.447 e. The average Bonchev–Trinajstić information content (AvgIpc) is 2.48. The molecular formula is C9H16N2O2. The molecule has 4 nitrogen and oxygen atoms in total. The van der Waals surface area contributed by atoms with Gasteiger partial charge in [-0.25, -0.2) is 0 Å². The summed E-state index contributed by atoms with van der Waals surface area (Å²) >= 11 is 0. The van der Waals surface area contributed by atoms with Gasteiger partial charge < -0.3 is 14.5 Å². The van der Waals surface area contributed by atoms with Crippen LogP contribution in [0.2, 0.25) is 0 Å². The highest BCUT2D eigenvalue weighted by Gasteiger charge is 2.05. The molecule has 0 aromatic carbocycles. The van der Waals surface area contributed by atoms with E-state index >= 15 is 0 Å². The topological polar surface area (TPSA) is 47.3 Å². The van der Waals surface area contributed by atoms with Crippen LogP contribution in [0.5, 0.6) is 6.08 Å². The lowest BCUT2D eigenvalue weighted by Crippen LogP contribution is -2.12. The predicted molar refractivity (Wildman–Crippen MR) is 49.6 cm³/mol. The average molecular weight is 184 g/mol. The van der Waals surface area contributed by atoms with Crippen molar-refractivity contribution in [3.63, 3.8) is 0 Å². The predicted octanol–water partition coefficient (Wildman–Crippen LogP) is 1.57. The first-order chi connectivity index (χ1) is 6.22. The third-order valence-corrected chi connectivity index (χ3v) is 1.42. The maximum Gasteiger partial charge on any atom is 0.393 e. The molecule has 1 rings (SSSR count). The second kappa shape index (κ2) is 4.87. The van der Waals surface area contributed by atoms with Crippen LogP contribution < -0.4 is 10.1 Å². The molecule has 1 N–H and O–H groups in total. The van der Waals surface area contributed by atoms with Gasteiger partial charge in [0.1, 0.15) is 6.26 Å². The molecule has 1 aromatic rings. The monoisotopic (exact) mass is 184 g/mol. The van der Waals surface area contributed by atoms with E-state index in [1.807, 2.05) is 20.8 Å². The molecule has 0 fully saturated rings. The second-order valence-electron chi connectivity index (χ2n) is 3.05. The summed E-state index contributed by atoms with van der Waals surface area (Å²) in [5.74, 6) is 0. The van der Waals surface area contributed by atoms with E-state index in [2.05, 4.69) is 10.3 Å². The summed E-state index contributed by atoms with van der Waals surface area (Å²) in [6.07, 6.45) is 2.06. The number of rotatable bonds is 5. The van der Waals surface area contributed by atoms with Crippen molar-refractivity contribution in [3.8, 4) is 6.08 Å². The van der Waals surface area contributed by atoms with Crippen LogP contribution in [-0.4, -0.2) is 17.6 Å². The third-order valence-electron chi connectivity index (χ3n) is 1.42. The number of nitrogens with one attached hydrogen (secondary N) is 1. The zero-order valence-electron chi connectivity index (χ0n) is 8.33. The lowest BCUT2D eigenvalue weighted by Gasteiger charge is -2.02. The van der Waals surface area contributed by atoms with Crippen LogP contribution in [0.1, 0.15) is 26.5 Å². The smallest absolute Gasteiger partial charge is 0.393 e. The van der Waals surface area contributed by atoms with Gasteiger partial charge in [0.05, 0.1) is 11.8 Å². The highest BCUT2D eigenvalue weighted by atomic mass is 16.6. The van der Waals surface area contributed by atoms with Gasteiger partial charge in [0.25, 0.3) is 0 Å². The molecule has 0 aliphatic heterocycles. The highest BCUT2D eigenvalue weighted by Crippen LogP contribution is 2.11.